The van der Waals surface area contributed by atoms with E-state index >= 15 is 0 Å². The van der Waals surface area contributed by atoms with Gasteiger partial charge in [-0.2, -0.15) is 0 Å². The van der Waals surface area contributed by atoms with Crippen molar-refractivity contribution in [3.05, 3.63) is 58.7 Å². The predicted molar refractivity (Wildman–Crippen MR) is 93.2 cm³/mol. The summed E-state index contributed by atoms with van der Waals surface area (Å²) in [5.74, 6) is 0. The highest BCUT2D eigenvalue weighted by atomic mass is 16.8. The number of benzene rings is 2. The van der Waals surface area contributed by atoms with E-state index in [0.29, 0.717) is 11.4 Å². The standard InChI is InChI=1S/2C9H13NO2/c2*1-3-8-6-7(2)4-5-9(8)10(11)12/h2*4-6,11-12H,3H2,1-2H3. The second-order valence-electron chi connectivity index (χ2n) is 5.55. The van der Waals surface area contributed by atoms with E-state index in [1.54, 1.807) is 12.1 Å². The Bertz CT molecular complexity index is 600. The highest BCUT2D eigenvalue weighted by molar-refractivity contribution is 5.51. The molecule has 2 aromatic rings. The van der Waals surface area contributed by atoms with E-state index < -0.39 is 0 Å². The Morgan fingerprint density at radius 2 is 1.00 bits per heavy atom. The molecule has 2 rings (SSSR count). The zero-order valence-corrected chi connectivity index (χ0v) is 14.6. The highest BCUT2D eigenvalue weighted by Crippen LogP contribution is 2.20. The summed E-state index contributed by atoms with van der Waals surface area (Å²) in [7, 11) is 0. The third kappa shape index (κ3) is 5.50. The van der Waals surface area contributed by atoms with Crippen molar-refractivity contribution < 1.29 is 20.8 Å². The van der Waals surface area contributed by atoms with Gasteiger partial charge in [-0.3, -0.25) is 20.8 Å². The molecule has 0 atom stereocenters. The molecule has 0 unspecified atom stereocenters. The number of hydrogen-bond acceptors (Lipinski definition) is 6. The average molecular weight is 334 g/mol. The lowest BCUT2D eigenvalue weighted by molar-refractivity contribution is 0.0280. The fourth-order valence-electron chi connectivity index (χ4n) is 2.39. The largest absolute Gasteiger partial charge is 0.264 e. The van der Waals surface area contributed by atoms with Crippen molar-refractivity contribution in [3.63, 3.8) is 0 Å². The summed E-state index contributed by atoms with van der Waals surface area (Å²) in [6.45, 7) is 7.90. The quantitative estimate of drug-likeness (QED) is 0.624. The Labute approximate surface area is 142 Å². The van der Waals surface area contributed by atoms with Gasteiger partial charge >= 0.3 is 0 Å². The van der Waals surface area contributed by atoms with Crippen molar-refractivity contribution in [1.82, 2.24) is 0 Å². The van der Waals surface area contributed by atoms with Gasteiger partial charge in [0.05, 0.1) is 11.4 Å². The van der Waals surface area contributed by atoms with E-state index in [2.05, 4.69) is 0 Å². The van der Waals surface area contributed by atoms with Crippen LogP contribution in [0.5, 0.6) is 0 Å². The third-order valence-corrected chi connectivity index (χ3v) is 3.66. The number of hydrogen-bond donors (Lipinski definition) is 4. The molecule has 0 bridgehead atoms. The lowest BCUT2D eigenvalue weighted by Gasteiger charge is -2.12. The summed E-state index contributed by atoms with van der Waals surface area (Å²) in [6, 6.07) is 10.9. The summed E-state index contributed by atoms with van der Waals surface area (Å²) in [5.41, 5.74) is 5.00. The minimum absolute atomic E-state index is 0.165. The Kier molecular flexibility index (Phi) is 7.67. The van der Waals surface area contributed by atoms with Crippen molar-refractivity contribution in [1.29, 1.82) is 0 Å². The maximum absolute atomic E-state index is 8.82. The molecule has 0 spiro atoms. The van der Waals surface area contributed by atoms with E-state index in [9.17, 15) is 0 Å². The first-order valence-electron chi connectivity index (χ1n) is 7.84. The van der Waals surface area contributed by atoms with Gasteiger partial charge in [0.2, 0.25) is 0 Å². The number of aryl methyl sites for hydroxylation is 4. The van der Waals surface area contributed by atoms with Crippen molar-refractivity contribution >= 4 is 11.4 Å². The molecule has 0 radical (unpaired) electrons. The number of anilines is 2. The van der Waals surface area contributed by atoms with Crippen molar-refractivity contribution in [3.8, 4) is 0 Å². The molecule has 132 valence electrons. The van der Waals surface area contributed by atoms with Gasteiger partial charge in [0.1, 0.15) is 0 Å². The van der Waals surface area contributed by atoms with Crippen LogP contribution in [0.25, 0.3) is 0 Å². The average Bonchev–Trinajstić information content (AvgIpc) is 2.54. The molecule has 0 aromatic heterocycles. The van der Waals surface area contributed by atoms with Crippen molar-refractivity contribution in [2.24, 2.45) is 0 Å². The highest BCUT2D eigenvalue weighted by Gasteiger charge is 2.05. The third-order valence-electron chi connectivity index (χ3n) is 3.66. The SMILES string of the molecule is CCc1cc(C)ccc1N(O)O.CCc1cc(C)ccc1N(O)O. The zero-order valence-electron chi connectivity index (χ0n) is 14.6. The predicted octanol–water partition coefficient (Wildman–Crippen LogP) is 4.28. The van der Waals surface area contributed by atoms with Gasteiger partial charge in [-0.25, -0.2) is 0 Å². The Morgan fingerprint density at radius 1 is 0.667 bits per heavy atom. The van der Waals surface area contributed by atoms with Crippen LogP contribution in [0.3, 0.4) is 0 Å². The molecule has 24 heavy (non-hydrogen) atoms. The molecule has 2 aromatic carbocycles. The molecular formula is C18H26N2O4. The van der Waals surface area contributed by atoms with Crippen LogP contribution in [0.15, 0.2) is 36.4 Å². The van der Waals surface area contributed by atoms with Gasteiger partial charge in [0.25, 0.3) is 0 Å². The van der Waals surface area contributed by atoms with Crippen LogP contribution in [-0.2, 0) is 12.8 Å². The monoisotopic (exact) mass is 334 g/mol. The van der Waals surface area contributed by atoms with Gasteiger partial charge in [-0.05, 0) is 49.9 Å². The maximum atomic E-state index is 8.82. The molecular weight excluding hydrogens is 308 g/mol. The van der Waals surface area contributed by atoms with Gasteiger partial charge in [-0.1, -0.05) is 49.2 Å². The van der Waals surface area contributed by atoms with Crippen LogP contribution in [0.2, 0.25) is 0 Å². The van der Waals surface area contributed by atoms with E-state index in [4.69, 9.17) is 20.8 Å². The molecule has 0 aliphatic heterocycles. The fourth-order valence-corrected chi connectivity index (χ4v) is 2.39. The molecule has 0 aliphatic rings. The maximum Gasteiger partial charge on any atom is 0.0974 e. The first kappa shape index (κ1) is 19.9. The lowest BCUT2D eigenvalue weighted by atomic mass is 10.1. The second kappa shape index (κ2) is 9.24. The second-order valence-corrected chi connectivity index (χ2v) is 5.55. The number of nitrogens with zero attached hydrogens (tertiary/aromatic N) is 2. The normalized spacial score (nSPS) is 10.0. The molecule has 0 amide bonds. The summed E-state index contributed by atoms with van der Waals surface area (Å²) < 4.78 is 0. The summed E-state index contributed by atoms with van der Waals surface area (Å²) in [6.07, 6.45) is 1.57. The topological polar surface area (TPSA) is 87.4 Å². The zero-order chi connectivity index (χ0) is 18.3. The Hall–Kier alpha value is -2.12. The lowest BCUT2D eigenvalue weighted by Crippen LogP contribution is -2.13. The van der Waals surface area contributed by atoms with Crippen LogP contribution in [0.1, 0.15) is 36.1 Å². The first-order valence-corrected chi connectivity index (χ1v) is 7.84. The summed E-state index contributed by atoms with van der Waals surface area (Å²) in [5, 5.41) is 35.6. The van der Waals surface area contributed by atoms with Crippen LogP contribution >= 0.6 is 0 Å². The van der Waals surface area contributed by atoms with Crippen LogP contribution in [0.4, 0.5) is 11.4 Å². The van der Waals surface area contributed by atoms with E-state index in [0.717, 1.165) is 35.1 Å². The minimum atomic E-state index is 0.165. The summed E-state index contributed by atoms with van der Waals surface area (Å²) in [4.78, 5) is 0. The van der Waals surface area contributed by atoms with E-state index in [-0.39, 0.29) is 10.5 Å². The van der Waals surface area contributed by atoms with Gasteiger partial charge in [-0.15, -0.1) is 10.5 Å². The summed E-state index contributed by atoms with van der Waals surface area (Å²) >= 11 is 0. The van der Waals surface area contributed by atoms with Gasteiger partial charge in [0, 0.05) is 0 Å². The molecule has 0 saturated carbocycles. The Balaban J connectivity index is 0.000000240. The number of rotatable bonds is 4. The van der Waals surface area contributed by atoms with Crippen molar-refractivity contribution in [2.45, 2.75) is 40.5 Å². The first-order chi connectivity index (χ1) is 11.3. The molecule has 0 saturated heterocycles. The van der Waals surface area contributed by atoms with Crippen LogP contribution < -0.4 is 10.5 Å². The molecule has 0 heterocycles. The Morgan fingerprint density at radius 3 is 1.25 bits per heavy atom. The van der Waals surface area contributed by atoms with Gasteiger partial charge in [0.15, 0.2) is 0 Å². The molecule has 0 fully saturated rings. The van der Waals surface area contributed by atoms with Crippen LogP contribution in [0, 0.1) is 13.8 Å². The van der Waals surface area contributed by atoms with E-state index in [1.165, 1.54) is 0 Å². The molecule has 6 heteroatoms. The van der Waals surface area contributed by atoms with Crippen molar-refractivity contribution in [2.75, 3.05) is 10.5 Å². The molecule has 4 N–H and O–H groups in total. The van der Waals surface area contributed by atoms with Crippen LogP contribution in [-0.4, -0.2) is 20.8 Å². The molecule has 6 nitrogen and oxygen atoms in total. The fraction of sp³-hybridized carbons (Fsp3) is 0.333. The minimum Gasteiger partial charge on any atom is -0.264 e. The van der Waals surface area contributed by atoms with Gasteiger partial charge < -0.3 is 0 Å². The smallest absolute Gasteiger partial charge is 0.0974 e. The molecule has 0 aliphatic carbocycles. The van der Waals surface area contributed by atoms with E-state index in [1.807, 2.05) is 52.0 Å².